The van der Waals surface area contributed by atoms with E-state index < -0.39 is 12.1 Å². The first kappa shape index (κ1) is 18.3. The van der Waals surface area contributed by atoms with Gasteiger partial charge in [-0.1, -0.05) is 12.1 Å². The molecule has 2 aromatic rings. The first-order chi connectivity index (χ1) is 12.6. The number of aliphatic hydroxyl groups excluding tert-OH is 1. The normalized spacial score (nSPS) is 20.0. The number of rotatable bonds is 5. The Morgan fingerprint density at radius 3 is 3.00 bits per heavy atom. The van der Waals surface area contributed by atoms with Crippen LogP contribution in [0.3, 0.4) is 0 Å². The standard InChI is InChI=1S/C20H23FN2O3/c1-2-26-19-16(8-4-10-22-19)20(25)23-11-5-9-18(24)17(23)13-14-6-3-7-15(21)12-14/h3-4,6-8,10,12,17-18,24H,2,5,9,11,13H2,1H3/t17-,18-/m0/s1. The second kappa shape index (κ2) is 8.27. The molecule has 1 N–H and O–H groups in total. The highest BCUT2D eigenvalue weighted by molar-refractivity contribution is 5.96. The SMILES string of the molecule is CCOc1ncccc1C(=O)N1CCC[C@H](O)[C@@H]1Cc1cccc(F)c1. The number of hydrogen-bond acceptors (Lipinski definition) is 4. The number of ether oxygens (including phenoxy) is 1. The predicted octanol–water partition coefficient (Wildman–Crippen LogP) is 2.83. The molecule has 0 radical (unpaired) electrons. The molecule has 2 heterocycles. The molecule has 0 spiro atoms. The molecule has 1 saturated heterocycles. The molecule has 1 amide bonds. The first-order valence-electron chi connectivity index (χ1n) is 8.91. The van der Waals surface area contributed by atoms with Gasteiger partial charge in [0.15, 0.2) is 0 Å². The van der Waals surface area contributed by atoms with Gasteiger partial charge in [0.1, 0.15) is 11.4 Å². The summed E-state index contributed by atoms with van der Waals surface area (Å²) in [5.41, 5.74) is 1.14. The third-order valence-corrected chi connectivity index (χ3v) is 4.62. The number of carbonyl (C=O) groups is 1. The van der Waals surface area contributed by atoms with Crippen LogP contribution in [0.15, 0.2) is 42.6 Å². The fourth-order valence-corrected chi connectivity index (χ4v) is 3.40. The number of carbonyl (C=O) groups excluding carboxylic acids is 1. The van der Waals surface area contributed by atoms with E-state index in [-0.39, 0.29) is 11.7 Å². The van der Waals surface area contributed by atoms with Gasteiger partial charge in [-0.05, 0) is 56.0 Å². The van der Waals surface area contributed by atoms with E-state index in [1.807, 2.05) is 13.0 Å². The fraction of sp³-hybridized carbons (Fsp3) is 0.400. The van der Waals surface area contributed by atoms with Gasteiger partial charge in [-0.15, -0.1) is 0 Å². The molecule has 1 aliphatic heterocycles. The molecular formula is C20H23FN2O3. The van der Waals surface area contributed by atoms with Crippen LogP contribution in [0.1, 0.15) is 35.7 Å². The molecule has 1 aliphatic rings. The fourth-order valence-electron chi connectivity index (χ4n) is 3.40. The van der Waals surface area contributed by atoms with Crippen LogP contribution in [-0.4, -0.2) is 46.2 Å². The van der Waals surface area contributed by atoms with Crippen molar-refractivity contribution in [2.75, 3.05) is 13.2 Å². The molecule has 0 saturated carbocycles. The lowest BCUT2D eigenvalue weighted by atomic mass is 9.92. The second-order valence-electron chi connectivity index (χ2n) is 6.40. The Balaban J connectivity index is 1.87. The number of aromatic nitrogens is 1. The number of benzene rings is 1. The summed E-state index contributed by atoms with van der Waals surface area (Å²) in [6, 6.07) is 9.24. The van der Waals surface area contributed by atoms with Crippen molar-refractivity contribution in [2.24, 2.45) is 0 Å². The molecule has 138 valence electrons. The third-order valence-electron chi connectivity index (χ3n) is 4.62. The third kappa shape index (κ3) is 4.02. The minimum atomic E-state index is -0.650. The zero-order valence-corrected chi connectivity index (χ0v) is 14.8. The maximum Gasteiger partial charge on any atom is 0.259 e. The smallest absolute Gasteiger partial charge is 0.259 e. The van der Waals surface area contributed by atoms with Gasteiger partial charge in [-0.2, -0.15) is 0 Å². The quantitative estimate of drug-likeness (QED) is 0.893. The van der Waals surface area contributed by atoms with E-state index in [4.69, 9.17) is 4.74 Å². The number of pyridine rings is 1. The maximum atomic E-state index is 13.5. The Kier molecular flexibility index (Phi) is 5.83. The van der Waals surface area contributed by atoms with Crippen molar-refractivity contribution < 1.29 is 19.0 Å². The molecular weight excluding hydrogens is 335 g/mol. The van der Waals surface area contributed by atoms with Gasteiger partial charge in [0, 0.05) is 12.7 Å². The molecule has 1 aromatic heterocycles. The van der Waals surface area contributed by atoms with Crippen LogP contribution in [0, 0.1) is 5.82 Å². The number of halogens is 1. The van der Waals surface area contributed by atoms with Gasteiger partial charge in [-0.25, -0.2) is 9.37 Å². The summed E-state index contributed by atoms with van der Waals surface area (Å²) < 4.78 is 19.0. The lowest BCUT2D eigenvalue weighted by Crippen LogP contribution is -2.52. The van der Waals surface area contributed by atoms with Crippen LogP contribution >= 0.6 is 0 Å². The van der Waals surface area contributed by atoms with Crippen molar-refractivity contribution in [2.45, 2.75) is 38.3 Å². The summed E-state index contributed by atoms with van der Waals surface area (Å²) in [5.74, 6) is -0.247. The number of amides is 1. The van der Waals surface area contributed by atoms with Crippen molar-refractivity contribution in [1.29, 1.82) is 0 Å². The van der Waals surface area contributed by atoms with E-state index >= 15 is 0 Å². The van der Waals surface area contributed by atoms with Crippen LogP contribution in [0.25, 0.3) is 0 Å². The molecule has 0 aliphatic carbocycles. The molecule has 2 atom stereocenters. The topological polar surface area (TPSA) is 62.7 Å². The minimum absolute atomic E-state index is 0.221. The Hall–Kier alpha value is -2.47. The molecule has 26 heavy (non-hydrogen) atoms. The lowest BCUT2D eigenvalue weighted by molar-refractivity contribution is 0.0116. The highest BCUT2D eigenvalue weighted by Gasteiger charge is 2.35. The number of hydrogen-bond donors (Lipinski definition) is 1. The average Bonchev–Trinajstić information content (AvgIpc) is 2.64. The lowest BCUT2D eigenvalue weighted by Gasteiger charge is -2.39. The van der Waals surface area contributed by atoms with Gasteiger partial charge in [0.2, 0.25) is 5.88 Å². The minimum Gasteiger partial charge on any atom is -0.477 e. The number of nitrogens with zero attached hydrogens (tertiary/aromatic N) is 2. The first-order valence-corrected chi connectivity index (χ1v) is 8.91. The highest BCUT2D eigenvalue weighted by Crippen LogP contribution is 2.26. The van der Waals surface area contributed by atoms with Crippen molar-refractivity contribution in [3.63, 3.8) is 0 Å². The molecule has 3 rings (SSSR count). The Morgan fingerprint density at radius 1 is 1.38 bits per heavy atom. The van der Waals surface area contributed by atoms with Gasteiger partial charge >= 0.3 is 0 Å². The number of piperidine rings is 1. The molecule has 5 nitrogen and oxygen atoms in total. The zero-order valence-electron chi connectivity index (χ0n) is 14.8. The van der Waals surface area contributed by atoms with E-state index in [2.05, 4.69) is 4.98 Å². The van der Waals surface area contributed by atoms with Crippen LogP contribution in [0.2, 0.25) is 0 Å². The van der Waals surface area contributed by atoms with Crippen molar-refractivity contribution >= 4 is 5.91 Å². The van der Waals surface area contributed by atoms with E-state index in [0.29, 0.717) is 37.4 Å². The van der Waals surface area contributed by atoms with Crippen molar-refractivity contribution in [3.05, 3.63) is 59.5 Å². The van der Waals surface area contributed by atoms with Crippen LogP contribution in [-0.2, 0) is 6.42 Å². The summed E-state index contributed by atoms with van der Waals surface area (Å²) in [7, 11) is 0. The molecule has 1 fully saturated rings. The molecule has 1 aromatic carbocycles. The van der Waals surface area contributed by atoms with Crippen molar-refractivity contribution in [1.82, 2.24) is 9.88 Å². The maximum absolute atomic E-state index is 13.5. The summed E-state index contributed by atoms with van der Waals surface area (Å²) in [6.07, 6.45) is 2.67. The van der Waals surface area contributed by atoms with E-state index in [0.717, 1.165) is 12.0 Å². The number of likely N-dealkylation sites (tertiary alicyclic amines) is 1. The average molecular weight is 358 g/mol. The Labute approximate surface area is 152 Å². The molecule has 0 bridgehead atoms. The Bertz CT molecular complexity index is 768. The summed E-state index contributed by atoms with van der Waals surface area (Å²) in [6.45, 7) is 2.78. The van der Waals surface area contributed by atoms with E-state index in [1.54, 1.807) is 29.3 Å². The Morgan fingerprint density at radius 2 is 2.23 bits per heavy atom. The van der Waals surface area contributed by atoms with Crippen LogP contribution in [0.4, 0.5) is 4.39 Å². The molecule has 6 heteroatoms. The van der Waals surface area contributed by atoms with Gasteiger partial charge in [0.05, 0.1) is 18.8 Å². The van der Waals surface area contributed by atoms with Crippen LogP contribution in [0.5, 0.6) is 5.88 Å². The van der Waals surface area contributed by atoms with Gasteiger partial charge in [-0.3, -0.25) is 4.79 Å². The summed E-state index contributed by atoms with van der Waals surface area (Å²) in [4.78, 5) is 18.9. The van der Waals surface area contributed by atoms with E-state index in [9.17, 15) is 14.3 Å². The van der Waals surface area contributed by atoms with Gasteiger partial charge < -0.3 is 14.7 Å². The van der Waals surface area contributed by atoms with Gasteiger partial charge in [0.25, 0.3) is 5.91 Å². The monoisotopic (exact) mass is 358 g/mol. The zero-order chi connectivity index (χ0) is 18.5. The largest absolute Gasteiger partial charge is 0.477 e. The van der Waals surface area contributed by atoms with E-state index in [1.165, 1.54) is 12.1 Å². The molecule has 0 unspecified atom stereocenters. The number of aliphatic hydroxyl groups is 1. The highest BCUT2D eigenvalue weighted by atomic mass is 19.1. The summed E-state index contributed by atoms with van der Waals surface area (Å²) in [5, 5.41) is 10.5. The predicted molar refractivity (Wildman–Crippen MR) is 95.6 cm³/mol. The second-order valence-corrected chi connectivity index (χ2v) is 6.40. The summed E-state index contributed by atoms with van der Waals surface area (Å²) >= 11 is 0. The van der Waals surface area contributed by atoms with Crippen LogP contribution < -0.4 is 4.74 Å². The van der Waals surface area contributed by atoms with Crippen molar-refractivity contribution in [3.8, 4) is 5.88 Å².